The van der Waals surface area contributed by atoms with E-state index in [4.69, 9.17) is 0 Å². The van der Waals surface area contributed by atoms with Crippen LogP contribution in [-0.2, 0) is 11.2 Å². The van der Waals surface area contributed by atoms with Gasteiger partial charge in [0.25, 0.3) is 5.91 Å². The average Bonchev–Trinajstić information content (AvgIpc) is 3.23. The van der Waals surface area contributed by atoms with E-state index >= 15 is 0 Å². The molecule has 2 fully saturated rings. The van der Waals surface area contributed by atoms with Gasteiger partial charge in [0.05, 0.1) is 0 Å². The number of aliphatic hydroxyl groups excluding tert-OH is 1. The molecule has 0 unspecified atom stereocenters. The second-order valence-electron chi connectivity index (χ2n) is 8.36. The molecule has 2 aliphatic carbocycles. The molecule has 0 spiro atoms. The molecule has 1 aliphatic heterocycles. The highest BCUT2D eigenvalue weighted by Gasteiger charge is 2.49. The molecular weight excluding hydrogens is 340 g/mol. The van der Waals surface area contributed by atoms with Gasteiger partial charge < -0.3 is 15.3 Å². The summed E-state index contributed by atoms with van der Waals surface area (Å²) in [6, 6.07) is 5.75. The number of anilines is 1. The van der Waals surface area contributed by atoms with Crippen LogP contribution in [0.25, 0.3) is 0 Å². The van der Waals surface area contributed by atoms with E-state index in [0.29, 0.717) is 18.0 Å². The van der Waals surface area contributed by atoms with Gasteiger partial charge in [0, 0.05) is 30.4 Å². The minimum absolute atomic E-state index is 0.0271. The molecule has 27 heavy (non-hydrogen) atoms. The number of nitrogens with zero attached hydrogens (tertiary/aromatic N) is 1. The van der Waals surface area contributed by atoms with E-state index in [9.17, 15) is 14.7 Å². The molecule has 3 aliphatic rings. The highest BCUT2D eigenvalue weighted by Crippen LogP contribution is 2.53. The van der Waals surface area contributed by atoms with Crippen LogP contribution >= 0.6 is 0 Å². The minimum atomic E-state index is -0.0973. The Morgan fingerprint density at radius 2 is 2.22 bits per heavy atom. The van der Waals surface area contributed by atoms with Crippen LogP contribution in [-0.4, -0.2) is 36.1 Å². The number of aryl methyl sites for hydroxylation is 1. The van der Waals surface area contributed by atoms with Crippen LogP contribution in [0.2, 0.25) is 0 Å². The van der Waals surface area contributed by atoms with Crippen molar-refractivity contribution in [3.63, 3.8) is 0 Å². The normalized spacial score (nSPS) is 29.1. The predicted molar refractivity (Wildman–Crippen MR) is 105 cm³/mol. The summed E-state index contributed by atoms with van der Waals surface area (Å²) in [5, 5.41) is 13.1. The Labute approximate surface area is 160 Å². The number of carbonyl (C=O) groups is 2. The molecule has 2 saturated carbocycles. The van der Waals surface area contributed by atoms with Crippen molar-refractivity contribution in [2.45, 2.75) is 51.0 Å². The average molecular weight is 368 g/mol. The molecule has 144 valence electrons. The summed E-state index contributed by atoms with van der Waals surface area (Å²) in [4.78, 5) is 26.6. The first-order chi connectivity index (χ1) is 13.1. The number of nitrogens with one attached hydrogen (secondary N) is 1. The van der Waals surface area contributed by atoms with E-state index in [1.165, 1.54) is 18.9 Å². The van der Waals surface area contributed by atoms with Gasteiger partial charge in [0.15, 0.2) is 0 Å². The van der Waals surface area contributed by atoms with E-state index < -0.39 is 0 Å². The first-order valence-electron chi connectivity index (χ1n) is 10.0. The Balaban J connectivity index is 1.47. The number of hydrogen-bond acceptors (Lipinski definition) is 3. The standard InChI is InChI=1S/C22H28N2O3/c1-2-20(26)24-10-4-5-15-11-16(7-8-19(15)24)21(27)23-18-12-17-6-3-9-22(17,13-18)14-25/h2,7-8,11,17-18,25H,1,3-6,9-10,12-14H2,(H,23,27)/t17-,18+,22+/m0/s1. The molecule has 0 saturated heterocycles. The summed E-state index contributed by atoms with van der Waals surface area (Å²) in [7, 11) is 0. The molecule has 2 N–H and O–H groups in total. The zero-order chi connectivity index (χ0) is 19.0. The third kappa shape index (κ3) is 3.18. The predicted octanol–water partition coefficient (Wildman–Crippen LogP) is 2.82. The molecule has 0 aromatic heterocycles. The van der Waals surface area contributed by atoms with Crippen LogP contribution in [0.15, 0.2) is 30.9 Å². The Morgan fingerprint density at radius 3 is 2.96 bits per heavy atom. The Morgan fingerprint density at radius 1 is 1.37 bits per heavy atom. The maximum atomic E-state index is 12.8. The van der Waals surface area contributed by atoms with Crippen LogP contribution in [0.5, 0.6) is 0 Å². The third-order valence-corrected chi connectivity index (χ3v) is 6.87. The highest BCUT2D eigenvalue weighted by atomic mass is 16.3. The molecule has 2 amide bonds. The van der Waals surface area contributed by atoms with Gasteiger partial charge in [-0.1, -0.05) is 13.0 Å². The minimum Gasteiger partial charge on any atom is -0.396 e. The Kier molecular flexibility index (Phi) is 4.81. The van der Waals surface area contributed by atoms with E-state index in [1.54, 1.807) is 11.0 Å². The fourth-order valence-electron chi connectivity index (χ4n) is 5.49. The fourth-order valence-corrected chi connectivity index (χ4v) is 5.49. The zero-order valence-electron chi connectivity index (χ0n) is 15.7. The summed E-state index contributed by atoms with van der Waals surface area (Å²) in [6.07, 6.45) is 8.38. The summed E-state index contributed by atoms with van der Waals surface area (Å²) < 4.78 is 0. The lowest BCUT2D eigenvalue weighted by atomic mass is 9.81. The maximum Gasteiger partial charge on any atom is 0.251 e. The monoisotopic (exact) mass is 368 g/mol. The molecular formula is C22H28N2O3. The molecule has 1 aromatic rings. The van der Waals surface area contributed by atoms with E-state index in [-0.39, 0.29) is 29.9 Å². The van der Waals surface area contributed by atoms with Gasteiger partial charge in [-0.05, 0) is 79.7 Å². The molecule has 5 heteroatoms. The first kappa shape index (κ1) is 18.2. The number of fused-ring (bicyclic) bond motifs is 2. The number of benzene rings is 1. The summed E-state index contributed by atoms with van der Waals surface area (Å²) in [5.74, 6) is 0.387. The quantitative estimate of drug-likeness (QED) is 0.803. The summed E-state index contributed by atoms with van der Waals surface area (Å²) >= 11 is 0. The molecule has 0 bridgehead atoms. The van der Waals surface area contributed by atoms with E-state index in [1.807, 2.05) is 12.1 Å². The second-order valence-corrected chi connectivity index (χ2v) is 8.36. The van der Waals surface area contributed by atoms with Crippen molar-refractivity contribution >= 4 is 17.5 Å². The number of carbonyl (C=O) groups excluding carboxylic acids is 2. The smallest absolute Gasteiger partial charge is 0.251 e. The van der Waals surface area contributed by atoms with Gasteiger partial charge in [-0.25, -0.2) is 0 Å². The molecule has 1 aromatic carbocycles. The van der Waals surface area contributed by atoms with Gasteiger partial charge in [0.2, 0.25) is 5.91 Å². The van der Waals surface area contributed by atoms with Crippen molar-refractivity contribution in [1.82, 2.24) is 5.32 Å². The summed E-state index contributed by atoms with van der Waals surface area (Å²) in [5.41, 5.74) is 2.60. The van der Waals surface area contributed by atoms with Crippen molar-refractivity contribution in [3.8, 4) is 0 Å². The molecule has 5 nitrogen and oxygen atoms in total. The van der Waals surface area contributed by atoms with Gasteiger partial charge in [-0.3, -0.25) is 9.59 Å². The van der Waals surface area contributed by atoms with Crippen LogP contribution in [0.4, 0.5) is 5.69 Å². The van der Waals surface area contributed by atoms with Gasteiger partial charge >= 0.3 is 0 Å². The molecule has 0 radical (unpaired) electrons. The van der Waals surface area contributed by atoms with Gasteiger partial charge in [-0.15, -0.1) is 0 Å². The van der Waals surface area contributed by atoms with E-state index in [2.05, 4.69) is 11.9 Å². The second kappa shape index (κ2) is 7.12. The maximum absolute atomic E-state index is 12.8. The largest absolute Gasteiger partial charge is 0.396 e. The first-order valence-corrected chi connectivity index (χ1v) is 10.0. The van der Waals surface area contributed by atoms with Crippen LogP contribution in [0.3, 0.4) is 0 Å². The molecule has 3 atom stereocenters. The fraction of sp³-hybridized carbons (Fsp3) is 0.545. The van der Waals surface area contributed by atoms with Crippen LogP contribution < -0.4 is 10.2 Å². The number of amides is 2. The lowest BCUT2D eigenvalue weighted by Gasteiger charge is -2.29. The third-order valence-electron chi connectivity index (χ3n) is 6.87. The Hall–Kier alpha value is -2.14. The van der Waals surface area contributed by atoms with Gasteiger partial charge in [0.1, 0.15) is 0 Å². The number of rotatable bonds is 4. The topological polar surface area (TPSA) is 69.6 Å². The lowest BCUT2D eigenvalue weighted by molar-refractivity contribution is -0.114. The van der Waals surface area contributed by atoms with E-state index in [0.717, 1.165) is 43.4 Å². The zero-order valence-corrected chi connectivity index (χ0v) is 15.7. The van der Waals surface area contributed by atoms with Crippen molar-refractivity contribution < 1.29 is 14.7 Å². The summed E-state index contributed by atoms with van der Waals surface area (Å²) in [6.45, 7) is 4.50. The van der Waals surface area contributed by atoms with Crippen molar-refractivity contribution in [2.75, 3.05) is 18.1 Å². The highest BCUT2D eigenvalue weighted by molar-refractivity contribution is 6.02. The number of hydrogen-bond donors (Lipinski definition) is 2. The van der Waals surface area contributed by atoms with Crippen molar-refractivity contribution in [1.29, 1.82) is 0 Å². The van der Waals surface area contributed by atoms with Crippen molar-refractivity contribution in [2.24, 2.45) is 11.3 Å². The lowest BCUT2D eigenvalue weighted by Crippen LogP contribution is -2.36. The Bertz CT molecular complexity index is 775. The molecule has 4 rings (SSSR count). The van der Waals surface area contributed by atoms with Crippen LogP contribution in [0, 0.1) is 11.3 Å². The van der Waals surface area contributed by atoms with Crippen LogP contribution in [0.1, 0.15) is 54.4 Å². The van der Waals surface area contributed by atoms with Crippen molar-refractivity contribution in [3.05, 3.63) is 42.0 Å². The van der Waals surface area contributed by atoms with Gasteiger partial charge in [-0.2, -0.15) is 0 Å². The number of aliphatic hydroxyl groups is 1. The molecule has 1 heterocycles. The SMILES string of the molecule is C=CC(=O)N1CCCc2cc(C(=O)N[C@@H]3C[C@@H]4CCC[C@]4(CO)C3)ccc21.